The van der Waals surface area contributed by atoms with Gasteiger partial charge in [-0.25, -0.2) is 4.79 Å². The van der Waals surface area contributed by atoms with E-state index in [2.05, 4.69) is 0 Å². The van der Waals surface area contributed by atoms with Crippen molar-refractivity contribution in [2.45, 2.75) is 103 Å². The van der Waals surface area contributed by atoms with Crippen LogP contribution in [0.2, 0.25) is 0 Å². The molecule has 1 spiro atoms. The number of ketones is 1. The molecule has 0 aromatic carbocycles. The van der Waals surface area contributed by atoms with E-state index < -0.39 is 105 Å². The molecule has 6 rings (SSSR count). The average Bonchev–Trinajstić information content (AvgIpc) is 3.45. The standard InChI is InChI=1S/C33H42O12/c1-15(2)24(36)44-27-29(4,5)22(21(25(37)40-8)42-16(3)34)31(7)18-9-11-30(6)19(33(18)28(45-33)32(27,39)26(31)38)13-20(35)43-23(30)17-10-12-41-14-17/h10,12,14-15,18-19,21-23,27-28,39H,9,11,13H2,1-8H3/t18-,19-,21-,22+,23+,27+,28+,30-,31-,32+,33-/m1/s1. The Morgan fingerprint density at radius 2 is 1.76 bits per heavy atom. The van der Waals surface area contributed by atoms with Crippen molar-refractivity contribution in [2.75, 3.05) is 7.11 Å². The van der Waals surface area contributed by atoms with Crippen LogP contribution in [0.5, 0.6) is 0 Å². The van der Waals surface area contributed by atoms with E-state index in [0.717, 1.165) is 14.0 Å². The lowest BCUT2D eigenvalue weighted by Crippen LogP contribution is -2.81. The maximum Gasteiger partial charge on any atom is 0.347 e. The highest BCUT2D eigenvalue weighted by atomic mass is 16.6. The molecule has 3 heterocycles. The largest absolute Gasteiger partial charge is 0.472 e. The molecule has 2 bridgehead atoms. The summed E-state index contributed by atoms with van der Waals surface area (Å²) in [7, 11) is 1.16. The number of Topliss-reactive ketones (excluding diaryl/α,β-unsaturated/α-hetero) is 1. The van der Waals surface area contributed by atoms with Gasteiger partial charge in [0.05, 0.1) is 32.0 Å². The lowest BCUT2D eigenvalue weighted by atomic mass is 9.36. The number of esters is 4. The Hall–Kier alpha value is -3.25. The molecule has 1 aromatic rings. The molecule has 0 unspecified atom stereocenters. The van der Waals surface area contributed by atoms with Crippen LogP contribution in [0.4, 0.5) is 0 Å². The molecule has 2 saturated heterocycles. The summed E-state index contributed by atoms with van der Waals surface area (Å²) in [5, 5.41) is 12.8. The molecule has 246 valence electrons. The van der Waals surface area contributed by atoms with Crippen LogP contribution in [0, 0.1) is 39.9 Å². The Morgan fingerprint density at radius 3 is 2.33 bits per heavy atom. The molecule has 1 aromatic heterocycles. The third kappa shape index (κ3) is 3.93. The molecule has 11 atom stereocenters. The quantitative estimate of drug-likeness (QED) is 0.277. The van der Waals surface area contributed by atoms with E-state index in [9.17, 15) is 29.1 Å². The first-order valence-corrected chi connectivity index (χ1v) is 15.6. The zero-order valence-electron chi connectivity index (χ0n) is 26.9. The second kappa shape index (κ2) is 9.87. The first-order chi connectivity index (χ1) is 20.9. The van der Waals surface area contributed by atoms with Crippen molar-refractivity contribution in [3.63, 3.8) is 0 Å². The second-order valence-corrected chi connectivity index (χ2v) is 14.9. The number of methoxy groups -OCH3 is 1. The maximum atomic E-state index is 14.9. The number of hydrogen-bond donors (Lipinski definition) is 1. The molecule has 0 amide bonds. The molecule has 2 aliphatic heterocycles. The van der Waals surface area contributed by atoms with E-state index in [0.29, 0.717) is 18.4 Å². The van der Waals surface area contributed by atoms with Gasteiger partial charge >= 0.3 is 23.9 Å². The molecule has 12 nitrogen and oxygen atoms in total. The van der Waals surface area contributed by atoms with Crippen LogP contribution in [0.25, 0.3) is 0 Å². The number of aliphatic hydroxyl groups is 1. The Labute approximate surface area is 261 Å². The van der Waals surface area contributed by atoms with E-state index in [1.807, 2.05) is 6.92 Å². The van der Waals surface area contributed by atoms with Gasteiger partial charge in [-0.1, -0.05) is 41.5 Å². The number of fused-ring (bicyclic) bond motifs is 5. The predicted molar refractivity (Wildman–Crippen MR) is 152 cm³/mol. The van der Waals surface area contributed by atoms with Gasteiger partial charge in [-0.15, -0.1) is 0 Å². The molecule has 45 heavy (non-hydrogen) atoms. The van der Waals surface area contributed by atoms with Crippen molar-refractivity contribution in [1.29, 1.82) is 0 Å². The zero-order valence-corrected chi connectivity index (χ0v) is 26.9. The first kappa shape index (κ1) is 31.7. The number of carbonyl (C=O) groups is 5. The minimum atomic E-state index is -2.34. The van der Waals surface area contributed by atoms with Gasteiger partial charge in [-0.3, -0.25) is 19.2 Å². The van der Waals surface area contributed by atoms with Gasteiger partial charge in [0.15, 0.2) is 11.4 Å². The summed E-state index contributed by atoms with van der Waals surface area (Å²) in [5.74, 6) is -6.28. The monoisotopic (exact) mass is 630 g/mol. The van der Waals surface area contributed by atoms with Gasteiger partial charge in [0.25, 0.3) is 0 Å². The van der Waals surface area contributed by atoms with Crippen LogP contribution in [0.15, 0.2) is 23.0 Å². The molecule has 3 aliphatic carbocycles. The van der Waals surface area contributed by atoms with Crippen LogP contribution >= 0.6 is 0 Å². The van der Waals surface area contributed by atoms with Crippen molar-refractivity contribution in [1.82, 2.24) is 0 Å². The Bertz CT molecular complexity index is 1450. The number of hydrogen-bond acceptors (Lipinski definition) is 12. The molecule has 1 N–H and O–H groups in total. The van der Waals surface area contributed by atoms with Crippen LogP contribution in [-0.4, -0.2) is 71.4 Å². The van der Waals surface area contributed by atoms with E-state index in [1.54, 1.807) is 40.7 Å². The number of cyclic esters (lactones) is 1. The minimum absolute atomic E-state index is 0.0346. The van der Waals surface area contributed by atoms with Crippen molar-refractivity contribution in [2.24, 2.45) is 39.9 Å². The van der Waals surface area contributed by atoms with E-state index >= 15 is 0 Å². The highest BCUT2D eigenvalue weighted by Gasteiger charge is 2.91. The average molecular weight is 631 g/mol. The van der Waals surface area contributed by atoms with Crippen molar-refractivity contribution in [3.8, 4) is 0 Å². The van der Waals surface area contributed by atoms with E-state index in [1.165, 1.54) is 12.5 Å². The topological polar surface area (TPSA) is 168 Å². The summed E-state index contributed by atoms with van der Waals surface area (Å²) in [5.41, 5.74) is -6.43. The van der Waals surface area contributed by atoms with Crippen molar-refractivity contribution < 1.29 is 57.2 Å². The van der Waals surface area contributed by atoms with Crippen molar-refractivity contribution in [3.05, 3.63) is 24.2 Å². The van der Waals surface area contributed by atoms with Crippen LogP contribution < -0.4 is 0 Å². The Kier molecular flexibility index (Phi) is 6.96. The third-order valence-electron chi connectivity index (χ3n) is 11.8. The van der Waals surface area contributed by atoms with E-state index in [4.69, 9.17) is 28.1 Å². The summed E-state index contributed by atoms with van der Waals surface area (Å²) in [6.07, 6.45) is -0.915. The van der Waals surface area contributed by atoms with Crippen molar-refractivity contribution >= 4 is 29.7 Å². The molecular weight excluding hydrogens is 588 g/mol. The summed E-state index contributed by atoms with van der Waals surface area (Å²) in [6, 6.07) is 1.74. The van der Waals surface area contributed by atoms with Crippen LogP contribution in [0.1, 0.15) is 79.4 Å². The zero-order chi connectivity index (χ0) is 33.1. The molecule has 5 aliphatic rings. The molecule has 5 fully saturated rings. The van der Waals surface area contributed by atoms with E-state index in [-0.39, 0.29) is 6.42 Å². The summed E-state index contributed by atoms with van der Waals surface area (Å²) in [4.78, 5) is 67.3. The lowest BCUT2D eigenvalue weighted by Gasteiger charge is -2.67. The molecule has 12 heteroatoms. The van der Waals surface area contributed by atoms with Gasteiger partial charge in [0.2, 0.25) is 6.10 Å². The fourth-order valence-corrected chi connectivity index (χ4v) is 10.1. The third-order valence-corrected chi connectivity index (χ3v) is 11.8. The Morgan fingerprint density at radius 1 is 1.07 bits per heavy atom. The summed E-state index contributed by atoms with van der Waals surface area (Å²) < 4.78 is 34.6. The van der Waals surface area contributed by atoms with Gasteiger partial charge in [-0.2, -0.15) is 0 Å². The molecule has 0 radical (unpaired) electrons. The SMILES string of the molecule is COC(=O)[C@H](OC(C)=O)[C@H]1C(C)(C)[C@H](OC(=O)C(C)C)[C@@]2(O)C(=O)[C@]1(C)[C@H]1CC[C@]3(C)[C@@H](CC(=O)O[C@H]3c3ccoc3)[C@]13O[C@@H]23. The first-order valence-electron chi connectivity index (χ1n) is 15.6. The molecular formula is C33H42O12. The fourth-order valence-electron chi connectivity index (χ4n) is 10.1. The Balaban J connectivity index is 1.58. The highest BCUT2D eigenvalue weighted by molar-refractivity contribution is 5.99. The van der Waals surface area contributed by atoms with Gasteiger partial charge in [0.1, 0.15) is 23.9 Å². The number of ether oxygens (including phenoxy) is 5. The second-order valence-electron chi connectivity index (χ2n) is 14.9. The van der Waals surface area contributed by atoms with Crippen LogP contribution in [-0.2, 0) is 47.7 Å². The maximum absolute atomic E-state index is 14.9. The summed E-state index contributed by atoms with van der Waals surface area (Å²) >= 11 is 0. The van der Waals surface area contributed by atoms with Gasteiger partial charge in [-0.05, 0) is 18.9 Å². The normalized spacial score (nSPS) is 43.2. The highest BCUT2D eigenvalue weighted by Crippen LogP contribution is 2.78. The fraction of sp³-hybridized carbons (Fsp3) is 0.727. The van der Waals surface area contributed by atoms with Crippen LogP contribution in [0.3, 0.4) is 0 Å². The summed E-state index contributed by atoms with van der Waals surface area (Å²) in [6.45, 7) is 11.5. The molecule has 3 saturated carbocycles. The number of epoxide rings is 1. The number of rotatable bonds is 6. The van der Waals surface area contributed by atoms with Gasteiger partial charge in [0, 0.05) is 46.5 Å². The van der Waals surface area contributed by atoms with Gasteiger partial charge < -0.3 is 33.2 Å². The predicted octanol–water partition coefficient (Wildman–Crippen LogP) is 3.09. The lowest BCUT2D eigenvalue weighted by molar-refractivity contribution is -0.263. The number of carbonyl (C=O) groups excluding carboxylic acids is 5. The minimum Gasteiger partial charge on any atom is -0.472 e. The smallest absolute Gasteiger partial charge is 0.347 e. The number of furan rings is 1.